The van der Waals surface area contributed by atoms with Crippen molar-refractivity contribution in [3.63, 3.8) is 0 Å². The summed E-state index contributed by atoms with van der Waals surface area (Å²) >= 11 is 0. The first kappa shape index (κ1) is 75.3. The van der Waals surface area contributed by atoms with E-state index in [0.717, 1.165) is 103 Å². The first-order chi connectivity index (χ1) is 39.0. The van der Waals surface area contributed by atoms with Gasteiger partial charge in [0, 0.05) is 19.3 Å². The molecule has 0 saturated carbocycles. The minimum Gasteiger partial charge on any atom is -0.462 e. The van der Waals surface area contributed by atoms with Crippen molar-refractivity contribution in [2.45, 2.75) is 335 Å². The Morgan fingerprint density at radius 3 is 0.861 bits per heavy atom. The van der Waals surface area contributed by atoms with Crippen LogP contribution in [0, 0.1) is 0 Å². The maximum Gasteiger partial charge on any atom is 0.306 e. The number of unbranched alkanes of at least 4 members (excludes halogenated alkanes) is 34. The molecule has 6 heteroatoms. The van der Waals surface area contributed by atoms with Gasteiger partial charge in [0.2, 0.25) is 0 Å². The monoisotopic (exact) mass is 1100 g/mol. The van der Waals surface area contributed by atoms with Crippen molar-refractivity contribution >= 4 is 17.9 Å². The van der Waals surface area contributed by atoms with Gasteiger partial charge in [-0.05, 0) is 89.9 Å². The number of ether oxygens (including phenoxy) is 3. The van der Waals surface area contributed by atoms with Gasteiger partial charge in [-0.2, -0.15) is 0 Å². The molecule has 0 aliphatic rings. The number of hydrogen-bond acceptors (Lipinski definition) is 6. The number of carbonyl (C=O) groups is 3. The third-order valence-electron chi connectivity index (χ3n) is 14.6. The summed E-state index contributed by atoms with van der Waals surface area (Å²) in [5, 5.41) is 0. The van der Waals surface area contributed by atoms with E-state index in [1.165, 1.54) is 180 Å². The molecule has 0 radical (unpaired) electrons. The average Bonchev–Trinajstić information content (AvgIpc) is 3.45. The van der Waals surface area contributed by atoms with Crippen LogP contribution in [0.25, 0.3) is 0 Å². The summed E-state index contributed by atoms with van der Waals surface area (Å²) < 4.78 is 16.9. The predicted octanol–water partition coefficient (Wildman–Crippen LogP) is 23.2. The molecule has 0 aliphatic carbocycles. The lowest BCUT2D eigenvalue weighted by atomic mass is 10.0. The predicted molar refractivity (Wildman–Crippen MR) is 344 cm³/mol. The summed E-state index contributed by atoms with van der Waals surface area (Å²) in [6.07, 6.45) is 90.2. The fourth-order valence-corrected chi connectivity index (χ4v) is 9.53. The normalized spacial score (nSPS) is 12.7. The van der Waals surface area contributed by atoms with Crippen molar-refractivity contribution in [2.75, 3.05) is 13.2 Å². The van der Waals surface area contributed by atoms with Crippen LogP contribution < -0.4 is 0 Å². The van der Waals surface area contributed by atoms with Crippen molar-refractivity contribution in [3.05, 3.63) is 97.2 Å². The SMILES string of the molecule is CC/C=C\C/C=C\C/C=C\C/C=C\C/C=C\C/C=C\C/C=C\CCCC(=O)OC(COC(=O)CCCCCCC/C=C\CCCC)COC(=O)CCCCCCCCCCCCCCCCCCCCCCCCCCCCC. The maximum absolute atomic E-state index is 12.9. The second kappa shape index (κ2) is 66.8. The summed E-state index contributed by atoms with van der Waals surface area (Å²) in [6, 6.07) is 0. The van der Waals surface area contributed by atoms with Gasteiger partial charge in [-0.3, -0.25) is 14.4 Å². The van der Waals surface area contributed by atoms with E-state index < -0.39 is 6.10 Å². The highest BCUT2D eigenvalue weighted by Crippen LogP contribution is 2.17. The smallest absolute Gasteiger partial charge is 0.306 e. The highest BCUT2D eigenvalue weighted by atomic mass is 16.6. The maximum atomic E-state index is 12.9. The van der Waals surface area contributed by atoms with E-state index >= 15 is 0 Å². The standard InChI is InChI=1S/C73H126O6/c1-4-7-10-13-16-19-22-24-26-28-30-32-34-35-36-37-39-40-42-44-46-48-51-54-57-60-63-66-72(75)78-69-70(68-77-71(74)65-62-59-56-53-50-21-18-15-12-9-6-3)79-73(76)67-64-61-58-55-52-49-47-45-43-41-38-33-31-29-27-25-23-20-17-14-11-8-5-2/h8,11,15,17-18,20,25,27,31,33,41,43,47,49,55,58,70H,4-7,9-10,12-14,16,19,21-24,26,28-30,32,34-40,42,44-46,48,50-54,56-57,59-69H2,1-3H3/b11-8-,18-15-,20-17-,27-25-,33-31-,43-41-,49-47-,58-55-. The molecule has 0 rings (SSSR count). The Morgan fingerprint density at radius 1 is 0.266 bits per heavy atom. The third kappa shape index (κ3) is 65.0. The first-order valence-electron chi connectivity index (χ1n) is 33.7. The van der Waals surface area contributed by atoms with Crippen molar-refractivity contribution < 1.29 is 28.6 Å². The lowest BCUT2D eigenvalue weighted by Gasteiger charge is -2.18. The van der Waals surface area contributed by atoms with E-state index in [2.05, 4.69) is 118 Å². The van der Waals surface area contributed by atoms with Crippen molar-refractivity contribution in [3.8, 4) is 0 Å². The zero-order chi connectivity index (χ0) is 57.1. The zero-order valence-corrected chi connectivity index (χ0v) is 52.1. The average molecular weight is 1100 g/mol. The van der Waals surface area contributed by atoms with Crippen LogP contribution in [-0.2, 0) is 28.6 Å². The Bertz CT molecular complexity index is 1540. The van der Waals surface area contributed by atoms with E-state index in [-0.39, 0.29) is 37.5 Å². The number of esters is 3. The molecule has 1 atom stereocenters. The molecule has 0 aromatic carbocycles. The number of rotatable bonds is 61. The largest absolute Gasteiger partial charge is 0.462 e. The van der Waals surface area contributed by atoms with Gasteiger partial charge >= 0.3 is 17.9 Å². The van der Waals surface area contributed by atoms with Crippen molar-refractivity contribution in [2.24, 2.45) is 0 Å². The quantitative estimate of drug-likeness (QED) is 0.0261. The molecule has 0 fully saturated rings. The summed E-state index contributed by atoms with van der Waals surface area (Å²) in [6.45, 7) is 6.47. The molecule has 0 N–H and O–H groups in total. The van der Waals surface area contributed by atoms with Gasteiger partial charge in [-0.15, -0.1) is 0 Å². The molecular weight excluding hydrogens is 973 g/mol. The molecular formula is C73H126O6. The Labute approximate surface area is 489 Å². The van der Waals surface area contributed by atoms with Crippen molar-refractivity contribution in [1.82, 2.24) is 0 Å². The summed E-state index contributed by atoms with van der Waals surface area (Å²) in [4.78, 5) is 38.3. The summed E-state index contributed by atoms with van der Waals surface area (Å²) in [7, 11) is 0. The summed E-state index contributed by atoms with van der Waals surface area (Å²) in [5.74, 6) is -0.960. The highest BCUT2D eigenvalue weighted by Gasteiger charge is 2.19. The molecule has 0 saturated heterocycles. The van der Waals surface area contributed by atoms with Gasteiger partial charge in [-0.25, -0.2) is 0 Å². The number of allylic oxidation sites excluding steroid dienone is 16. The van der Waals surface area contributed by atoms with Crippen LogP contribution >= 0.6 is 0 Å². The topological polar surface area (TPSA) is 78.9 Å². The molecule has 0 amide bonds. The van der Waals surface area contributed by atoms with Crippen LogP contribution in [0.5, 0.6) is 0 Å². The first-order valence-corrected chi connectivity index (χ1v) is 33.7. The molecule has 0 heterocycles. The highest BCUT2D eigenvalue weighted by molar-refractivity contribution is 5.71. The van der Waals surface area contributed by atoms with E-state index in [9.17, 15) is 14.4 Å². The number of hydrogen-bond donors (Lipinski definition) is 0. The molecule has 0 aliphatic heterocycles. The second-order valence-electron chi connectivity index (χ2n) is 22.4. The van der Waals surface area contributed by atoms with Crippen molar-refractivity contribution in [1.29, 1.82) is 0 Å². The molecule has 454 valence electrons. The Kier molecular flexibility index (Phi) is 63.7. The van der Waals surface area contributed by atoms with Gasteiger partial charge in [0.05, 0.1) is 0 Å². The molecule has 0 bridgehead atoms. The molecule has 0 aromatic rings. The second-order valence-corrected chi connectivity index (χ2v) is 22.4. The molecule has 6 nitrogen and oxygen atoms in total. The summed E-state index contributed by atoms with van der Waals surface area (Å²) in [5.41, 5.74) is 0. The fourth-order valence-electron chi connectivity index (χ4n) is 9.53. The van der Waals surface area contributed by atoms with E-state index in [4.69, 9.17) is 14.2 Å². The van der Waals surface area contributed by atoms with Crippen LogP contribution in [0.1, 0.15) is 329 Å². The van der Waals surface area contributed by atoms with Gasteiger partial charge in [-0.1, -0.05) is 317 Å². The lowest BCUT2D eigenvalue weighted by Crippen LogP contribution is -2.30. The number of carbonyl (C=O) groups excluding carboxylic acids is 3. The van der Waals surface area contributed by atoms with Crippen LogP contribution in [0.15, 0.2) is 97.2 Å². The fraction of sp³-hybridized carbons (Fsp3) is 0.740. The Hall–Kier alpha value is -3.67. The minimum absolute atomic E-state index is 0.101. The lowest BCUT2D eigenvalue weighted by molar-refractivity contribution is -0.167. The van der Waals surface area contributed by atoms with E-state index in [0.29, 0.717) is 19.3 Å². The van der Waals surface area contributed by atoms with Gasteiger partial charge in [0.15, 0.2) is 6.10 Å². The van der Waals surface area contributed by atoms with Crippen LogP contribution in [0.2, 0.25) is 0 Å². The molecule has 0 spiro atoms. The molecule has 0 aromatic heterocycles. The van der Waals surface area contributed by atoms with E-state index in [1.807, 2.05) is 0 Å². The molecule has 1 unspecified atom stereocenters. The van der Waals surface area contributed by atoms with Crippen LogP contribution in [0.3, 0.4) is 0 Å². The van der Waals surface area contributed by atoms with Gasteiger partial charge in [0.25, 0.3) is 0 Å². The van der Waals surface area contributed by atoms with Gasteiger partial charge in [0.1, 0.15) is 13.2 Å². The van der Waals surface area contributed by atoms with Crippen LogP contribution in [-0.4, -0.2) is 37.2 Å². The molecule has 79 heavy (non-hydrogen) atoms. The Morgan fingerprint density at radius 2 is 0.519 bits per heavy atom. The zero-order valence-electron chi connectivity index (χ0n) is 52.1. The van der Waals surface area contributed by atoms with Gasteiger partial charge < -0.3 is 14.2 Å². The van der Waals surface area contributed by atoms with E-state index in [1.54, 1.807) is 0 Å². The van der Waals surface area contributed by atoms with Crippen LogP contribution in [0.4, 0.5) is 0 Å². The Balaban J connectivity index is 4.30. The minimum atomic E-state index is -0.812. The third-order valence-corrected chi connectivity index (χ3v) is 14.6.